The van der Waals surface area contributed by atoms with E-state index in [0.29, 0.717) is 16.9 Å². The molecule has 1 aliphatic rings. The van der Waals surface area contributed by atoms with Crippen molar-refractivity contribution in [3.05, 3.63) is 95.1 Å². The molecule has 3 aromatic rings. The normalized spacial score (nSPS) is 17.7. The summed E-state index contributed by atoms with van der Waals surface area (Å²) in [7, 11) is 1.56. The molecule has 31 heavy (non-hydrogen) atoms. The molecule has 1 amide bonds. The molecule has 1 atom stereocenters. The molecule has 0 spiro atoms. The van der Waals surface area contributed by atoms with Crippen molar-refractivity contribution in [3.8, 4) is 5.75 Å². The van der Waals surface area contributed by atoms with Crippen LogP contribution in [-0.2, 0) is 16.1 Å². The number of methoxy groups -OCH3 is 1. The van der Waals surface area contributed by atoms with E-state index in [1.165, 1.54) is 4.90 Å². The summed E-state index contributed by atoms with van der Waals surface area (Å²) in [6.07, 6.45) is 6.50. The van der Waals surface area contributed by atoms with Gasteiger partial charge < -0.3 is 14.7 Å². The van der Waals surface area contributed by atoms with Crippen molar-refractivity contribution in [2.24, 2.45) is 0 Å². The zero-order valence-corrected chi connectivity index (χ0v) is 17.1. The zero-order valence-electron chi connectivity index (χ0n) is 17.1. The molecule has 4 rings (SSSR count). The third-order valence-corrected chi connectivity index (χ3v) is 5.28. The molecule has 0 aliphatic carbocycles. The second kappa shape index (κ2) is 8.39. The van der Waals surface area contributed by atoms with E-state index in [2.05, 4.69) is 9.97 Å². The highest BCUT2D eigenvalue weighted by molar-refractivity contribution is 6.46. The summed E-state index contributed by atoms with van der Waals surface area (Å²) in [6.45, 7) is 2.02. The summed E-state index contributed by atoms with van der Waals surface area (Å²) in [6, 6.07) is 11.5. The lowest BCUT2D eigenvalue weighted by Crippen LogP contribution is -2.29. The minimum Gasteiger partial charge on any atom is -0.507 e. The van der Waals surface area contributed by atoms with Gasteiger partial charge in [-0.3, -0.25) is 19.6 Å². The summed E-state index contributed by atoms with van der Waals surface area (Å²) in [5.41, 5.74) is 2.68. The predicted molar refractivity (Wildman–Crippen MR) is 114 cm³/mol. The molecule has 0 bridgehead atoms. The third-order valence-electron chi connectivity index (χ3n) is 5.28. The predicted octanol–water partition coefficient (Wildman–Crippen LogP) is 3.42. The molecule has 1 aliphatic heterocycles. The van der Waals surface area contributed by atoms with Gasteiger partial charge in [0.1, 0.15) is 11.5 Å². The van der Waals surface area contributed by atoms with Crippen molar-refractivity contribution in [1.29, 1.82) is 0 Å². The first-order chi connectivity index (χ1) is 15.0. The van der Waals surface area contributed by atoms with Gasteiger partial charge in [0.2, 0.25) is 0 Å². The lowest BCUT2D eigenvalue weighted by molar-refractivity contribution is -0.140. The molecule has 156 valence electrons. The van der Waals surface area contributed by atoms with Crippen molar-refractivity contribution in [1.82, 2.24) is 14.9 Å². The largest absolute Gasteiger partial charge is 0.507 e. The summed E-state index contributed by atoms with van der Waals surface area (Å²) in [4.78, 5) is 35.7. The number of amides is 1. The Balaban J connectivity index is 1.85. The van der Waals surface area contributed by atoms with Gasteiger partial charge in [-0.05, 0) is 53.9 Å². The van der Waals surface area contributed by atoms with Crippen molar-refractivity contribution >= 4 is 17.4 Å². The van der Waals surface area contributed by atoms with E-state index < -0.39 is 17.7 Å². The SMILES string of the molecule is COc1ccc(/C(O)=C2\C(=O)C(=O)N(Cc3cccnc3)[C@@H]2c2cccnc2)cc1C. The maximum absolute atomic E-state index is 13.0. The van der Waals surface area contributed by atoms with Gasteiger partial charge in [-0.1, -0.05) is 12.1 Å². The molecule has 7 nitrogen and oxygen atoms in total. The molecule has 0 saturated carbocycles. The highest BCUT2D eigenvalue weighted by Gasteiger charge is 2.46. The number of aryl methyl sites for hydroxylation is 1. The number of carbonyl (C=O) groups is 2. The molecular weight excluding hydrogens is 394 g/mol. The minimum absolute atomic E-state index is 0.0338. The van der Waals surface area contributed by atoms with Crippen molar-refractivity contribution in [3.63, 3.8) is 0 Å². The van der Waals surface area contributed by atoms with Gasteiger partial charge >= 0.3 is 0 Å². The van der Waals surface area contributed by atoms with E-state index in [9.17, 15) is 14.7 Å². The van der Waals surface area contributed by atoms with Gasteiger partial charge in [-0.25, -0.2) is 0 Å². The van der Waals surface area contributed by atoms with Crippen LogP contribution >= 0.6 is 0 Å². The second-order valence-electron chi connectivity index (χ2n) is 7.26. The van der Waals surface area contributed by atoms with Crippen LogP contribution < -0.4 is 4.74 Å². The monoisotopic (exact) mass is 415 g/mol. The maximum atomic E-state index is 13.0. The number of hydrogen-bond donors (Lipinski definition) is 1. The fraction of sp³-hybridized carbons (Fsp3) is 0.167. The lowest BCUT2D eigenvalue weighted by Gasteiger charge is -2.25. The Hall–Kier alpha value is -4.00. The van der Waals surface area contributed by atoms with Gasteiger partial charge in [-0.2, -0.15) is 0 Å². The van der Waals surface area contributed by atoms with Crippen molar-refractivity contribution < 1.29 is 19.4 Å². The Morgan fingerprint density at radius 3 is 2.45 bits per heavy atom. The summed E-state index contributed by atoms with van der Waals surface area (Å²) < 4.78 is 5.28. The molecule has 0 unspecified atom stereocenters. The number of carbonyl (C=O) groups excluding carboxylic acids is 2. The topological polar surface area (TPSA) is 92.6 Å². The van der Waals surface area contributed by atoms with Crippen LogP contribution in [0.4, 0.5) is 0 Å². The number of nitrogens with zero attached hydrogens (tertiary/aromatic N) is 3. The zero-order chi connectivity index (χ0) is 22.0. The molecule has 1 aromatic carbocycles. The number of ketones is 1. The standard InChI is InChI=1S/C24H21N3O4/c1-15-11-17(7-8-19(15)31-2)22(28)20-21(18-6-4-10-26-13-18)27(24(30)23(20)29)14-16-5-3-9-25-12-16/h3-13,21,28H,14H2,1-2H3/b22-20+/t21-/m1/s1. The van der Waals surface area contributed by atoms with E-state index >= 15 is 0 Å². The first-order valence-electron chi connectivity index (χ1n) is 9.73. The Bertz CT molecular complexity index is 1160. The number of benzene rings is 1. The molecule has 1 N–H and O–H groups in total. The number of pyridine rings is 2. The van der Waals surface area contributed by atoms with Gasteiger partial charge in [-0.15, -0.1) is 0 Å². The first kappa shape index (κ1) is 20.3. The van der Waals surface area contributed by atoms with Crippen LogP contribution in [0.3, 0.4) is 0 Å². The quantitative estimate of drug-likeness (QED) is 0.390. The first-order valence-corrected chi connectivity index (χ1v) is 9.73. The molecule has 1 saturated heterocycles. The van der Waals surface area contributed by atoms with Crippen LogP contribution in [0.1, 0.15) is 28.3 Å². The highest BCUT2D eigenvalue weighted by Crippen LogP contribution is 2.40. The molecular formula is C24H21N3O4. The van der Waals surface area contributed by atoms with Crippen molar-refractivity contribution in [2.45, 2.75) is 19.5 Å². The second-order valence-corrected chi connectivity index (χ2v) is 7.26. The van der Waals surface area contributed by atoms with Gasteiger partial charge in [0.25, 0.3) is 11.7 Å². The number of aromatic nitrogens is 2. The maximum Gasteiger partial charge on any atom is 0.295 e. The Labute approximate surface area is 179 Å². The average molecular weight is 415 g/mol. The van der Waals surface area contributed by atoms with Crippen molar-refractivity contribution in [2.75, 3.05) is 7.11 Å². The lowest BCUT2D eigenvalue weighted by atomic mass is 9.95. The van der Waals surface area contributed by atoms with Crippen LogP contribution in [-0.4, -0.2) is 38.8 Å². The molecule has 1 fully saturated rings. The fourth-order valence-corrected chi connectivity index (χ4v) is 3.80. The van der Waals surface area contributed by atoms with Gasteiger partial charge in [0.15, 0.2) is 0 Å². The number of rotatable bonds is 5. The third kappa shape index (κ3) is 3.77. The summed E-state index contributed by atoms with van der Waals surface area (Å²) >= 11 is 0. The van der Waals surface area contributed by atoms with E-state index in [0.717, 1.165) is 11.1 Å². The number of hydrogen-bond acceptors (Lipinski definition) is 6. The van der Waals surface area contributed by atoms with Crippen LogP contribution in [0.2, 0.25) is 0 Å². The molecule has 3 heterocycles. The fourth-order valence-electron chi connectivity index (χ4n) is 3.80. The van der Waals surface area contributed by atoms with E-state index in [1.807, 2.05) is 13.0 Å². The summed E-state index contributed by atoms with van der Waals surface area (Å²) in [5, 5.41) is 11.1. The summed E-state index contributed by atoms with van der Waals surface area (Å²) in [5.74, 6) is -0.975. The highest BCUT2D eigenvalue weighted by atomic mass is 16.5. The number of aliphatic hydroxyl groups excluding tert-OH is 1. The van der Waals surface area contributed by atoms with E-state index in [-0.39, 0.29) is 17.9 Å². The van der Waals surface area contributed by atoms with Gasteiger partial charge in [0.05, 0.1) is 18.7 Å². The van der Waals surface area contributed by atoms with Gasteiger partial charge in [0, 0.05) is 36.9 Å². The Morgan fingerprint density at radius 2 is 1.84 bits per heavy atom. The van der Waals surface area contributed by atoms with E-state index in [4.69, 9.17) is 4.74 Å². The number of ether oxygens (including phenoxy) is 1. The van der Waals surface area contributed by atoms with Crippen LogP contribution in [0.15, 0.2) is 72.8 Å². The number of aliphatic hydroxyl groups is 1. The number of Topliss-reactive ketones (excluding diaryl/α,β-unsaturated/α-hetero) is 1. The minimum atomic E-state index is -0.767. The van der Waals surface area contributed by atoms with E-state index in [1.54, 1.807) is 68.3 Å². The molecule has 0 radical (unpaired) electrons. The van der Waals surface area contributed by atoms with Crippen LogP contribution in [0.5, 0.6) is 5.75 Å². The number of likely N-dealkylation sites (tertiary alicyclic amines) is 1. The smallest absolute Gasteiger partial charge is 0.295 e. The Kier molecular flexibility index (Phi) is 5.49. The van der Waals surface area contributed by atoms with Crippen LogP contribution in [0, 0.1) is 6.92 Å². The molecule has 7 heteroatoms. The average Bonchev–Trinajstić information content (AvgIpc) is 3.04. The van der Waals surface area contributed by atoms with Crippen LogP contribution in [0.25, 0.3) is 5.76 Å². The molecule has 2 aromatic heterocycles. The Morgan fingerprint density at radius 1 is 1.10 bits per heavy atom.